The van der Waals surface area contributed by atoms with Crippen molar-refractivity contribution in [3.8, 4) is 102 Å². The zero-order valence-electron chi connectivity index (χ0n) is 68.2. The molecule has 12 aromatic carbocycles. The molecule has 14 heteroatoms. The summed E-state index contributed by atoms with van der Waals surface area (Å²) in [5.74, 6) is 4.79. The molecule has 16 bridgehead atoms. The van der Waals surface area contributed by atoms with Crippen LogP contribution < -0.4 is 47.4 Å². The molecule has 11 heterocycles. The fourth-order valence-electron chi connectivity index (χ4n) is 20.1. The lowest BCUT2D eigenvalue weighted by atomic mass is 9.75. The van der Waals surface area contributed by atoms with Gasteiger partial charge in [0.2, 0.25) is 27.2 Å². The third-order valence-electron chi connectivity index (χ3n) is 25.9. The van der Waals surface area contributed by atoms with Gasteiger partial charge in [0.1, 0.15) is 70.7 Å². The summed E-state index contributed by atoms with van der Waals surface area (Å²) in [4.78, 5) is 19.6. The molecule has 2 atom stereocenters. The number of benzene rings is 12. The lowest BCUT2D eigenvalue weighted by Gasteiger charge is -2.36. The van der Waals surface area contributed by atoms with Crippen molar-refractivity contribution in [3.05, 3.63) is 392 Å². The van der Waals surface area contributed by atoms with E-state index >= 15 is 0 Å². The molecule has 0 radical (unpaired) electrons. The van der Waals surface area contributed by atoms with Crippen LogP contribution in [0.3, 0.4) is 0 Å². The maximum Gasteiger partial charge on any atom is 0.230 e. The van der Waals surface area contributed by atoms with Crippen LogP contribution in [0.15, 0.2) is 291 Å². The average molecular weight is 1620 g/mol. The van der Waals surface area contributed by atoms with E-state index < -0.39 is 5.92 Å². The van der Waals surface area contributed by atoms with E-state index in [1.54, 1.807) is 0 Å². The molecule has 0 saturated carbocycles. The van der Waals surface area contributed by atoms with Gasteiger partial charge in [-0.3, -0.25) is 0 Å². The Morgan fingerprint density at radius 1 is 0.242 bits per heavy atom. The zero-order chi connectivity index (χ0) is 82.0. The van der Waals surface area contributed by atoms with E-state index in [2.05, 4.69) is 313 Å². The SMILES string of the molecule is C1=Cc2nc1c(-c1ccccc1)c1ccc([nH]1)c(-c1ccccc1)c1nc(c3c4ccc([nH]4)c2-c2ccccc2OCc2c4c5cc6c2OCOc2c(cc7c(c2COc2ccccc2-3)OCOc2cc3c(cc2C7CCc2ccccc2)C(CCc2ccccc2)c2cc(c(cc2OCO3)OCO4)C5CCc2ccccc2)C6CCc2ccccc2)C=C1. The Hall–Kier alpha value is -14.8. The van der Waals surface area contributed by atoms with Gasteiger partial charge in [-0.1, -0.05) is 218 Å². The Kier molecular flexibility index (Phi) is 19.2. The summed E-state index contributed by atoms with van der Waals surface area (Å²) < 4.78 is 74.2. The first kappa shape index (κ1) is 74.3. The summed E-state index contributed by atoms with van der Waals surface area (Å²) in [6.07, 6.45) is 14.0. The normalized spacial score (nSPS) is 16.4. The lowest BCUT2D eigenvalue weighted by Crippen LogP contribution is -2.25. The number of fused-ring (bicyclic) bond motifs is 16. The average Bonchev–Trinajstić information content (AvgIpc) is 0.891. The molecule has 8 aliphatic heterocycles. The van der Waals surface area contributed by atoms with E-state index in [0.717, 1.165) is 140 Å². The van der Waals surface area contributed by atoms with Crippen LogP contribution in [0.25, 0.3) is 90.9 Å². The molecule has 2 unspecified atom stereocenters. The third kappa shape index (κ3) is 13.7. The molecule has 0 saturated heterocycles. The number of hydrogen-bond acceptors (Lipinski definition) is 12. The summed E-state index contributed by atoms with van der Waals surface area (Å²) >= 11 is 0. The molecule has 124 heavy (non-hydrogen) atoms. The summed E-state index contributed by atoms with van der Waals surface area (Å²) in [5.41, 5.74) is 27.6. The standard InChI is InChI=1S/C110H86N4O10/c1-7-23-67(24-8-1)39-43-73-79-55-81-74(44-40-68-25-9-2-10-26-68)83-57-85-76(46-42-70-29-13-4-14-30-70)86-58-84-75(45-41-69-27-11-3-12-28-69)82-56-80(73)100-60-102(82)120-65-122-108(84)88-62-116-98-38-22-20-36-78(98)106-94-52-50-92(113-94)104(72-33-17-6-18-34-72)90-48-47-89(111-90)103(71-31-15-5-16-32-71)91-49-51-93(112-91)105(95-53-54-96(106)114-95)77-35-19-21-37-97(77)115-61-87(109(85)123-66-124-110(86)88)107(83)121-64-119-101(81)59-99(79)117-63-118-100/h1-38,47-60,73-76,111,114H,39-46,61-66H2. The van der Waals surface area contributed by atoms with Gasteiger partial charge < -0.3 is 57.3 Å². The molecule has 3 aromatic heterocycles. The van der Waals surface area contributed by atoms with Crippen molar-refractivity contribution in [3.63, 3.8) is 0 Å². The summed E-state index contributed by atoms with van der Waals surface area (Å²) in [6.45, 7) is -0.669. The predicted molar refractivity (Wildman–Crippen MR) is 486 cm³/mol. The van der Waals surface area contributed by atoms with Crippen LogP contribution in [0.4, 0.5) is 0 Å². The third-order valence-corrected chi connectivity index (χ3v) is 25.9. The van der Waals surface area contributed by atoms with Crippen molar-refractivity contribution in [2.45, 2.75) is 88.3 Å². The Balaban J connectivity index is 0.849. The first-order valence-electron chi connectivity index (χ1n) is 43.1. The molecule has 2 N–H and O–H groups in total. The summed E-state index contributed by atoms with van der Waals surface area (Å²) in [6, 6.07) is 103. The van der Waals surface area contributed by atoms with Crippen LogP contribution in [-0.4, -0.2) is 47.1 Å². The number of ether oxygens (including phenoxy) is 10. The molecule has 0 fully saturated rings. The first-order chi connectivity index (χ1) is 61.5. The molecule has 0 spiro atoms. The smallest absolute Gasteiger partial charge is 0.230 e. The van der Waals surface area contributed by atoms with Gasteiger partial charge in [-0.15, -0.1) is 0 Å². The molecule has 606 valence electrons. The highest BCUT2D eigenvalue weighted by Crippen LogP contribution is 2.59. The number of aromatic amines is 2. The number of nitrogens with one attached hydrogen (secondary N) is 2. The molecule has 23 rings (SSSR count). The van der Waals surface area contributed by atoms with Crippen molar-refractivity contribution in [2.75, 3.05) is 27.2 Å². The minimum atomic E-state index is -0.455. The first-order valence-corrected chi connectivity index (χ1v) is 43.1. The van der Waals surface area contributed by atoms with Gasteiger partial charge in [0.05, 0.1) is 33.9 Å². The Morgan fingerprint density at radius 2 is 0.508 bits per heavy atom. The van der Waals surface area contributed by atoms with Gasteiger partial charge in [0.25, 0.3) is 0 Å². The predicted octanol–water partition coefficient (Wildman–Crippen LogP) is 25.1. The fraction of sp³-hybridized carbons (Fsp3) is 0.164. The largest absolute Gasteiger partial charge is 0.488 e. The van der Waals surface area contributed by atoms with Crippen LogP contribution in [0.5, 0.6) is 57.5 Å². The number of rotatable bonds is 14. The number of aromatic nitrogens is 4. The van der Waals surface area contributed by atoms with Crippen molar-refractivity contribution in [2.24, 2.45) is 0 Å². The van der Waals surface area contributed by atoms with Gasteiger partial charge in [-0.25, -0.2) is 9.97 Å². The van der Waals surface area contributed by atoms with Crippen molar-refractivity contribution in [1.29, 1.82) is 0 Å². The van der Waals surface area contributed by atoms with E-state index in [9.17, 15) is 0 Å². The quantitative estimate of drug-likeness (QED) is 0.107. The molecule has 0 aliphatic carbocycles. The Morgan fingerprint density at radius 3 is 0.855 bits per heavy atom. The highest BCUT2D eigenvalue weighted by Gasteiger charge is 2.41. The monoisotopic (exact) mass is 1620 g/mol. The minimum Gasteiger partial charge on any atom is -0.488 e. The van der Waals surface area contributed by atoms with E-state index in [1.807, 2.05) is 12.1 Å². The summed E-state index contributed by atoms with van der Waals surface area (Å²) in [5, 5.41) is 0. The van der Waals surface area contributed by atoms with Gasteiger partial charge >= 0.3 is 0 Å². The molecule has 14 nitrogen and oxygen atoms in total. The fourth-order valence-corrected chi connectivity index (χ4v) is 20.1. The second kappa shape index (κ2) is 32.0. The second-order valence-electron chi connectivity index (χ2n) is 33.0. The van der Waals surface area contributed by atoms with Crippen LogP contribution in [0, 0.1) is 0 Å². The molecular weight excluding hydrogens is 1540 g/mol. The minimum absolute atomic E-state index is 0.0246. The van der Waals surface area contributed by atoms with Crippen LogP contribution in [-0.2, 0) is 38.9 Å². The molecule has 0 amide bonds. The van der Waals surface area contributed by atoms with E-state index in [4.69, 9.17) is 57.3 Å². The van der Waals surface area contributed by atoms with Gasteiger partial charge in [0.15, 0.2) is 0 Å². The van der Waals surface area contributed by atoms with Crippen molar-refractivity contribution in [1.82, 2.24) is 19.9 Å². The summed E-state index contributed by atoms with van der Waals surface area (Å²) in [7, 11) is 0. The second-order valence-corrected chi connectivity index (χ2v) is 33.0. The molecular formula is C110H86N4O10. The number of hydrogen-bond donors (Lipinski definition) is 2. The molecule has 8 aliphatic rings. The number of aryl methyl sites for hydroxylation is 4. The van der Waals surface area contributed by atoms with Gasteiger partial charge in [-0.05, 0) is 170 Å². The van der Waals surface area contributed by atoms with Crippen molar-refractivity contribution >= 4 is 46.4 Å². The van der Waals surface area contributed by atoms with Crippen LogP contribution in [0.1, 0.15) is 150 Å². The van der Waals surface area contributed by atoms with E-state index in [1.165, 1.54) is 22.3 Å². The van der Waals surface area contributed by atoms with E-state index in [-0.39, 0.29) is 58.1 Å². The zero-order valence-corrected chi connectivity index (χ0v) is 68.2. The number of H-pyrrole nitrogens is 2. The van der Waals surface area contributed by atoms with Gasteiger partial charge in [0, 0.05) is 136 Å². The maximum atomic E-state index is 7.83. The highest BCUT2D eigenvalue weighted by molar-refractivity contribution is 6.01. The van der Waals surface area contributed by atoms with E-state index in [0.29, 0.717) is 114 Å². The highest BCUT2D eigenvalue weighted by atomic mass is 16.7. The van der Waals surface area contributed by atoms with Gasteiger partial charge in [-0.2, -0.15) is 0 Å². The molecule has 15 aromatic rings. The lowest BCUT2D eigenvalue weighted by molar-refractivity contribution is 0.0933. The van der Waals surface area contributed by atoms with Crippen LogP contribution >= 0.6 is 0 Å². The van der Waals surface area contributed by atoms with Crippen LogP contribution in [0.2, 0.25) is 0 Å². The Bertz CT molecular complexity index is 6540. The topological polar surface area (TPSA) is 150 Å². The number of para-hydroxylation sites is 2. The van der Waals surface area contributed by atoms with Crippen molar-refractivity contribution < 1.29 is 47.4 Å². The Labute approximate surface area is 718 Å². The number of nitrogens with zero attached hydrogens (tertiary/aromatic N) is 2. The maximum absolute atomic E-state index is 7.83.